The molecule has 6 heteroatoms. The summed E-state index contributed by atoms with van der Waals surface area (Å²) in [5.41, 5.74) is 0. The standard InChI is InChI=1S/C12H18ClNO3S/c1-8(2)17-12(16)14(3)7-6-9(15)10-4-5-11(13)18-10/h4-5,8-9,15H,6-7H2,1-3H3. The highest BCUT2D eigenvalue weighted by atomic mass is 35.5. The maximum absolute atomic E-state index is 11.5. The Morgan fingerprint density at radius 2 is 2.22 bits per heavy atom. The molecule has 1 heterocycles. The van der Waals surface area contributed by atoms with Crippen molar-refractivity contribution in [1.29, 1.82) is 0 Å². The quantitative estimate of drug-likeness (QED) is 0.905. The van der Waals surface area contributed by atoms with Crippen LogP contribution in [0.5, 0.6) is 0 Å². The van der Waals surface area contributed by atoms with Crippen LogP contribution in [0.2, 0.25) is 4.34 Å². The van der Waals surface area contributed by atoms with Crippen molar-refractivity contribution in [2.75, 3.05) is 13.6 Å². The van der Waals surface area contributed by atoms with E-state index in [1.165, 1.54) is 16.2 Å². The third-order valence-electron chi connectivity index (χ3n) is 2.31. The Hall–Kier alpha value is -0.780. The van der Waals surface area contributed by atoms with Gasteiger partial charge in [0.05, 0.1) is 16.5 Å². The number of rotatable bonds is 5. The van der Waals surface area contributed by atoms with Crippen molar-refractivity contribution in [2.24, 2.45) is 0 Å². The fraction of sp³-hybridized carbons (Fsp3) is 0.583. The topological polar surface area (TPSA) is 49.8 Å². The Kier molecular flexibility index (Phi) is 5.91. The van der Waals surface area contributed by atoms with Gasteiger partial charge in [-0.1, -0.05) is 11.6 Å². The number of hydrogen-bond acceptors (Lipinski definition) is 4. The number of amides is 1. The zero-order chi connectivity index (χ0) is 13.7. The summed E-state index contributed by atoms with van der Waals surface area (Å²) in [6.45, 7) is 4.03. The minimum atomic E-state index is -0.600. The van der Waals surface area contributed by atoms with E-state index < -0.39 is 6.10 Å². The molecule has 0 aliphatic heterocycles. The Morgan fingerprint density at radius 3 is 2.72 bits per heavy atom. The van der Waals surface area contributed by atoms with E-state index in [9.17, 15) is 9.90 Å². The molecule has 1 amide bonds. The summed E-state index contributed by atoms with van der Waals surface area (Å²) in [4.78, 5) is 13.8. The second kappa shape index (κ2) is 6.97. The number of thiophene rings is 1. The lowest BCUT2D eigenvalue weighted by Crippen LogP contribution is -2.31. The van der Waals surface area contributed by atoms with Crippen LogP contribution >= 0.6 is 22.9 Å². The highest BCUT2D eigenvalue weighted by Crippen LogP contribution is 2.28. The maximum Gasteiger partial charge on any atom is 0.409 e. The summed E-state index contributed by atoms with van der Waals surface area (Å²) < 4.78 is 5.69. The van der Waals surface area contributed by atoms with Crippen molar-refractivity contribution in [1.82, 2.24) is 4.90 Å². The molecule has 0 bridgehead atoms. The molecule has 0 aromatic carbocycles. The summed E-state index contributed by atoms with van der Waals surface area (Å²) >= 11 is 7.15. The SMILES string of the molecule is CC(C)OC(=O)N(C)CCC(O)c1ccc(Cl)s1. The van der Waals surface area contributed by atoms with Crippen molar-refractivity contribution in [3.8, 4) is 0 Å². The molecule has 0 saturated carbocycles. The van der Waals surface area contributed by atoms with Crippen LogP contribution in [0.1, 0.15) is 31.2 Å². The molecule has 0 radical (unpaired) electrons. The van der Waals surface area contributed by atoms with Gasteiger partial charge >= 0.3 is 6.09 Å². The first kappa shape index (κ1) is 15.3. The smallest absolute Gasteiger partial charge is 0.409 e. The van der Waals surface area contributed by atoms with Crippen LogP contribution in [0.3, 0.4) is 0 Å². The minimum absolute atomic E-state index is 0.138. The minimum Gasteiger partial charge on any atom is -0.447 e. The van der Waals surface area contributed by atoms with Gasteiger partial charge in [-0.25, -0.2) is 4.79 Å². The van der Waals surface area contributed by atoms with Crippen molar-refractivity contribution in [3.05, 3.63) is 21.3 Å². The second-order valence-electron chi connectivity index (χ2n) is 4.30. The molecule has 18 heavy (non-hydrogen) atoms. The van der Waals surface area contributed by atoms with Crippen molar-refractivity contribution < 1.29 is 14.6 Å². The van der Waals surface area contributed by atoms with Gasteiger partial charge in [-0.15, -0.1) is 11.3 Å². The van der Waals surface area contributed by atoms with Crippen LogP contribution in [0.4, 0.5) is 4.79 Å². The number of carbonyl (C=O) groups is 1. The van der Waals surface area contributed by atoms with Crippen molar-refractivity contribution in [2.45, 2.75) is 32.5 Å². The predicted octanol–water partition coefficient (Wildman–Crippen LogP) is 3.30. The monoisotopic (exact) mass is 291 g/mol. The second-order valence-corrected chi connectivity index (χ2v) is 6.05. The average molecular weight is 292 g/mol. The van der Waals surface area contributed by atoms with Crippen molar-refractivity contribution >= 4 is 29.0 Å². The number of hydrogen-bond donors (Lipinski definition) is 1. The first-order chi connectivity index (χ1) is 8.40. The summed E-state index contributed by atoms with van der Waals surface area (Å²) in [6.07, 6.45) is -0.653. The molecule has 1 unspecified atom stereocenters. The average Bonchev–Trinajstić information content (AvgIpc) is 2.71. The zero-order valence-electron chi connectivity index (χ0n) is 10.7. The van der Waals surface area contributed by atoms with E-state index in [1.54, 1.807) is 33.0 Å². The van der Waals surface area contributed by atoms with Gasteiger partial charge in [0.15, 0.2) is 0 Å². The fourth-order valence-electron chi connectivity index (χ4n) is 1.35. The normalized spacial score (nSPS) is 12.6. The fourth-order valence-corrected chi connectivity index (χ4v) is 2.43. The molecule has 0 fully saturated rings. The molecule has 0 saturated heterocycles. The third-order valence-corrected chi connectivity index (χ3v) is 3.64. The lowest BCUT2D eigenvalue weighted by molar-refractivity contribution is 0.0779. The molecule has 1 atom stereocenters. The van der Waals surface area contributed by atoms with Crippen LogP contribution in [0.25, 0.3) is 0 Å². The van der Waals surface area contributed by atoms with E-state index in [-0.39, 0.29) is 12.2 Å². The lowest BCUT2D eigenvalue weighted by Gasteiger charge is -2.19. The van der Waals surface area contributed by atoms with Crippen LogP contribution in [0.15, 0.2) is 12.1 Å². The molecule has 4 nitrogen and oxygen atoms in total. The van der Waals surface area contributed by atoms with E-state index in [1.807, 2.05) is 0 Å². The van der Waals surface area contributed by atoms with Gasteiger partial charge < -0.3 is 14.7 Å². The molecule has 0 aliphatic carbocycles. The van der Waals surface area contributed by atoms with Crippen LogP contribution < -0.4 is 0 Å². The van der Waals surface area contributed by atoms with Gasteiger partial charge in [0.2, 0.25) is 0 Å². The van der Waals surface area contributed by atoms with Gasteiger partial charge in [0.1, 0.15) is 0 Å². The molecule has 0 spiro atoms. The molecule has 1 aromatic rings. The lowest BCUT2D eigenvalue weighted by atomic mass is 10.2. The van der Waals surface area contributed by atoms with Crippen LogP contribution in [0, 0.1) is 0 Å². The Morgan fingerprint density at radius 1 is 1.56 bits per heavy atom. The number of carbonyl (C=O) groups excluding carboxylic acids is 1. The zero-order valence-corrected chi connectivity index (χ0v) is 12.3. The van der Waals surface area contributed by atoms with E-state index in [4.69, 9.17) is 16.3 Å². The first-order valence-electron chi connectivity index (χ1n) is 5.75. The molecular weight excluding hydrogens is 274 g/mol. The molecular formula is C12H18ClNO3S. The summed E-state index contributed by atoms with van der Waals surface area (Å²) in [5, 5.41) is 9.92. The Bertz CT molecular complexity index is 394. The number of nitrogens with zero attached hydrogens (tertiary/aromatic N) is 1. The largest absolute Gasteiger partial charge is 0.447 e. The third kappa shape index (κ3) is 4.84. The number of ether oxygens (including phenoxy) is 1. The Labute approximate surface area is 116 Å². The summed E-state index contributed by atoms with van der Waals surface area (Å²) in [7, 11) is 1.65. The summed E-state index contributed by atoms with van der Waals surface area (Å²) in [6, 6.07) is 3.55. The molecule has 1 N–H and O–H groups in total. The van der Waals surface area contributed by atoms with Crippen molar-refractivity contribution in [3.63, 3.8) is 0 Å². The number of aliphatic hydroxyl groups is 1. The molecule has 1 rings (SSSR count). The van der Waals surface area contributed by atoms with Gasteiger partial charge in [-0.05, 0) is 32.4 Å². The highest BCUT2D eigenvalue weighted by molar-refractivity contribution is 7.16. The predicted molar refractivity (Wildman–Crippen MR) is 73.2 cm³/mol. The number of halogens is 1. The van der Waals surface area contributed by atoms with E-state index >= 15 is 0 Å². The Balaban J connectivity index is 2.38. The van der Waals surface area contributed by atoms with Gasteiger partial charge in [-0.2, -0.15) is 0 Å². The van der Waals surface area contributed by atoms with E-state index in [0.29, 0.717) is 17.3 Å². The molecule has 0 aliphatic rings. The maximum atomic E-state index is 11.5. The van der Waals surface area contributed by atoms with Gasteiger partial charge in [-0.3, -0.25) is 0 Å². The van der Waals surface area contributed by atoms with Gasteiger partial charge in [0.25, 0.3) is 0 Å². The van der Waals surface area contributed by atoms with E-state index in [2.05, 4.69) is 0 Å². The molecule has 102 valence electrons. The first-order valence-corrected chi connectivity index (χ1v) is 6.94. The number of aliphatic hydroxyl groups excluding tert-OH is 1. The highest BCUT2D eigenvalue weighted by Gasteiger charge is 2.15. The van der Waals surface area contributed by atoms with E-state index in [0.717, 1.165) is 4.88 Å². The summed E-state index contributed by atoms with van der Waals surface area (Å²) in [5.74, 6) is 0. The van der Waals surface area contributed by atoms with Gasteiger partial charge in [0, 0.05) is 18.5 Å². The molecule has 1 aromatic heterocycles. The van der Waals surface area contributed by atoms with Crippen LogP contribution in [-0.2, 0) is 4.74 Å². The van der Waals surface area contributed by atoms with Crippen LogP contribution in [-0.4, -0.2) is 35.8 Å².